The maximum Gasteiger partial charge on any atom is 0.472 e. The minimum Gasteiger partial charge on any atom is -0.461 e. The highest BCUT2D eigenvalue weighted by Gasteiger charge is 2.26. The maximum atomic E-state index is 12.6. The maximum absolute atomic E-state index is 12.6. The number of hydrogen-bond acceptors (Lipinski definition) is 7. The number of likely N-dealkylation sites (N-methyl/N-ethyl adjacent to an activating group) is 1. The van der Waals surface area contributed by atoms with Crippen LogP contribution in [0.3, 0.4) is 0 Å². The summed E-state index contributed by atoms with van der Waals surface area (Å²) in [6, 6.07) is 0. The fourth-order valence-electron chi connectivity index (χ4n) is 4.52. The Morgan fingerprint density at radius 2 is 0.914 bits per heavy atom. The molecule has 58 heavy (non-hydrogen) atoms. The van der Waals surface area contributed by atoms with Gasteiger partial charge in [0.1, 0.15) is 19.8 Å². The van der Waals surface area contributed by atoms with Crippen LogP contribution < -0.4 is 0 Å². The van der Waals surface area contributed by atoms with Gasteiger partial charge in [0.05, 0.1) is 34.2 Å². The van der Waals surface area contributed by atoms with Crippen LogP contribution in [-0.2, 0) is 32.7 Å². The van der Waals surface area contributed by atoms with Crippen LogP contribution in [0.4, 0.5) is 0 Å². The van der Waals surface area contributed by atoms with E-state index in [2.05, 4.69) is 117 Å². The number of phosphoric acid groups is 1. The van der Waals surface area contributed by atoms with Crippen molar-refractivity contribution in [2.24, 2.45) is 0 Å². The first-order chi connectivity index (χ1) is 28.0. The molecule has 9 nitrogen and oxygen atoms in total. The average molecular weight is 825 g/mol. The lowest BCUT2D eigenvalue weighted by Crippen LogP contribution is -2.37. The summed E-state index contributed by atoms with van der Waals surface area (Å²) in [5.74, 6) is -1.06. The van der Waals surface area contributed by atoms with Gasteiger partial charge in [0.2, 0.25) is 0 Å². The third-order valence-electron chi connectivity index (χ3n) is 7.72. The monoisotopic (exact) mass is 825 g/mol. The second-order valence-electron chi connectivity index (χ2n) is 14.3. The molecule has 0 radical (unpaired) electrons. The van der Waals surface area contributed by atoms with Crippen molar-refractivity contribution in [1.29, 1.82) is 0 Å². The Morgan fingerprint density at radius 3 is 1.31 bits per heavy atom. The van der Waals surface area contributed by atoms with Crippen LogP contribution in [0.2, 0.25) is 0 Å². The Balaban J connectivity index is 4.68. The number of ether oxygens (including phenoxy) is 2. The van der Waals surface area contributed by atoms with Gasteiger partial charge < -0.3 is 18.9 Å². The Hall–Kier alpha value is -3.85. The molecule has 0 aromatic carbocycles. The molecular formula is C48H75NO8P+. The number of carbonyl (C=O) groups is 2. The van der Waals surface area contributed by atoms with E-state index in [1.54, 1.807) is 6.08 Å². The number of quaternary nitrogens is 1. The zero-order valence-corrected chi connectivity index (χ0v) is 37.1. The summed E-state index contributed by atoms with van der Waals surface area (Å²) in [7, 11) is 1.36. The van der Waals surface area contributed by atoms with Gasteiger partial charge in [-0.3, -0.25) is 18.6 Å². The van der Waals surface area contributed by atoms with Gasteiger partial charge in [-0.15, -0.1) is 0 Å². The van der Waals surface area contributed by atoms with Crippen molar-refractivity contribution in [3.05, 3.63) is 134 Å². The van der Waals surface area contributed by atoms with Crippen LogP contribution in [-0.4, -0.2) is 74.9 Å². The third-order valence-corrected chi connectivity index (χ3v) is 8.71. The van der Waals surface area contributed by atoms with E-state index in [1.165, 1.54) is 0 Å². The fraction of sp³-hybridized carbons (Fsp3) is 0.500. The molecule has 0 heterocycles. The molecule has 0 fully saturated rings. The zero-order chi connectivity index (χ0) is 42.8. The van der Waals surface area contributed by atoms with Crippen molar-refractivity contribution in [3.63, 3.8) is 0 Å². The molecule has 324 valence electrons. The number of hydrogen-bond donors (Lipinski definition) is 1. The molecule has 0 aliphatic carbocycles. The molecule has 0 spiro atoms. The molecule has 0 aliphatic heterocycles. The average Bonchev–Trinajstić information content (AvgIpc) is 3.17. The molecule has 1 N–H and O–H groups in total. The van der Waals surface area contributed by atoms with Crippen molar-refractivity contribution in [2.45, 2.75) is 110 Å². The van der Waals surface area contributed by atoms with Crippen LogP contribution in [0, 0.1) is 0 Å². The summed E-state index contributed by atoms with van der Waals surface area (Å²) in [5.41, 5.74) is 0. The lowest BCUT2D eigenvalue weighted by molar-refractivity contribution is -0.870. The standard InChI is InChI=1S/C48H74NO8P/c1-6-8-10-12-14-16-18-20-22-23-24-25-27-29-31-33-35-37-39-41-48(51)57-46(45-56-58(52,53)55-43-42-49(3,4)5)44-54-47(50)40-38-36-34-32-30-28-26-21-19-17-15-13-11-9-7-2/h8-11,14-17,20-22,24-26,29-32,35-38,46H,6-7,12-13,18-19,23,27-28,33-34,39-45H2,1-5H3/p+1/b10-8-,11-9-,16-14-,17-15-,22-20-,25-24-,26-21-,31-29-,32-30-,37-35-,38-36-. The van der Waals surface area contributed by atoms with Crippen LogP contribution in [0.25, 0.3) is 0 Å². The van der Waals surface area contributed by atoms with E-state index >= 15 is 0 Å². The molecule has 0 aromatic rings. The van der Waals surface area contributed by atoms with Crippen LogP contribution >= 0.6 is 7.82 Å². The molecule has 0 aliphatic rings. The van der Waals surface area contributed by atoms with Crippen molar-refractivity contribution in [2.75, 3.05) is 47.5 Å². The zero-order valence-electron chi connectivity index (χ0n) is 36.2. The summed E-state index contributed by atoms with van der Waals surface area (Å²) >= 11 is 0. The second-order valence-corrected chi connectivity index (χ2v) is 15.7. The molecule has 0 saturated heterocycles. The SMILES string of the molecule is CC/C=C\C/C=C\C/C=C\C/C=C\C/C=C\C/C=C\CCC(=O)OC(COC(=O)C/C=C\C/C=C\C/C=C\C/C=C\C/C=C\CC)COP(=O)(O)OCC[N+](C)(C)C. The summed E-state index contributed by atoms with van der Waals surface area (Å²) < 4.78 is 34.0. The largest absolute Gasteiger partial charge is 0.472 e. The summed E-state index contributed by atoms with van der Waals surface area (Å²) in [6.45, 7) is 3.94. The van der Waals surface area contributed by atoms with Gasteiger partial charge >= 0.3 is 19.8 Å². The number of rotatable bonds is 35. The minimum absolute atomic E-state index is 0.00404. The molecule has 0 aromatic heterocycles. The van der Waals surface area contributed by atoms with Gasteiger partial charge in [-0.05, 0) is 77.0 Å². The first-order valence-electron chi connectivity index (χ1n) is 20.9. The molecule has 0 amide bonds. The summed E-state index contributed by atoms with van der Waals surface area (Å²) in [5, 5.41) is 0. The highest BCUT2D eigenvalue weighted by Crippen LogP contribution is 2.43. The van der Waals surface area contributed by atoms with Crippen molar-refractivity contribution in [3.8, 4) is 0 Å². The van der Waals surface area contributed by atoms with E-state index in [1.807, 2.05) is 45.4 Å². The van der Waals surface area contributed by atoms with E-state index in [0.29, 0.717) is 23.9 Å². The van der Waals surface area contributed by atoms with Gasteiger partial charge in [0.25, 0.3) is 0 Å². The number of esters is 2. The molecule has 10 heteroatoms. The van der Waals surface area contributed by atoms with E-state index < -0.39 is 32.5 Å². The molecular weight excluding hydrogens is 750 g/mol. The number of nitrogens with zero attached hydrogens (tertiary/aromatic N) is 1. The molecule has 0 bridgehead atoms. The highest BCUT2D eigenvalue weighted by molar-refractivity contribution is 7.47. The molecule has 0 saturated carbocycles. The topological polar surface area (TPSA) is 108 Å². The minimum atomic E-state index is -4.42. The van der Waals surface area contributed by atoms with E-state index in [4.69, 9.17) is 18.5 Å². The lowest BCUT2D eigenvalue weighted by Gasteiger charge is -2.24. The van der Waals surface area contributed by atoms with E-state index in [-0.39, 0.29) is 26.1 Å². The number of phosphoric ester groups is 1. The van der Waals surface area contributed by atoms with Crippen LogP contribution in [0.1, 0.15) is 104 Å². The number of allylic oxidation sites excluding steroid dienone is 21. The van der Waals surface area contributed by atoms with Gasteiger partial charge in [0, 0.05) is 6.42 Å². The van der Waals surface area contributed by atoms with Crippen molar-refractivity contribution < 1.29 is 42.1 Å². The van der Waals surface area contributed by atoms with Gasteiger partial charge in [0.15, 0.2) is 6.10 Å². The van der Waals surface area contributed by atoms with Gasteiger partial charge in [-0.25, -0.2) is 4.57 Å². The predicted octanol–water partition coefficient (Wildman–Crippen LogP) is 11.9. The first kappa shape index (κ1) is 54.2. The van der Waals surface area contributed by atoms with E-state index in [0.717, 1.165) is 64.2 Å². The van der Waals surface area contributed by atoms with E-state index in [9.17, 15) is 19.0 Å². The second kappa shape index (κ2) is 38.7. The summed E-state index contributed by atoms with van der Waals surface area (Å²) in [6.07, 6.45) is 55.5. The first-order valence-corrected chi connectivity index (χ1v) is 22.4. The highest BCUT2D eigenvalue weighted by atomic mass is 31.2. The van der Waals surface area contributed by atoms with Gasteiger partial charge in [-0.1, -0.05) is 148 Å². The Kier molecular flexibility index (Phi) is 36.1. The molecule has 2 atom stereocenters. The summed E-state index contributed by atoms with van der Waals surface area (Å²) in [4.78, 5) is 35.2. The predicted molar refractivity (Wildman–Crippen MR) is 242 cm³/mol. The Bertz CT molecular complexity index is 1440. The number of carbonyl (C=O) groups excluding carboxylic acids is 2. The van der Waals surface area contributed by atoms with Crippen molar-refractivity contribution >= 4 is 19.8 Å². The van der Waals surface area contributed by atoms with Crippen molar-refractivity contribution in [1.82, 2.24) is 0 Å². The van der Waals surface area contributed by atoms with Crippen LogP contribution in [0.5, 0.6) is 0 Å². The molecule has 0 rings (SSSR count). The normalized spacial score (nSPS) is 14.9. The Labute approximate surface area is 351 Å². The van der Waals surface area contributed by atoms with Gasteiger partial charge in [-0.2, -0.15) is 0 Å². The third kappa shape index (κ3) is 41.8. The lowest BCUT2D eigenvalue weighted by atomic mass is 10.2. The fourth-order valence-corrected chi connectivity index (χ4v) is 5.26. The quantitative estimate of drug-likeness (QED) is 0.0291. The smallest absolute Gasteiger partial charge is 0.461 e. The Morgan fingerprint density at radius 1 is 0.534 bits per heavy atom. The molecule has 2 unspecified atom stereocenters. The van der Waals surface area contributed by atoms with Crippen LogP contribution in [0.15, 0.2) is 134 Å².